The van der Waals surface area contributed by atoms with Crippen molar-refractivity contribution in [3.8, 4) is 5.75 Å². The average Bonchev–Trinajstić information content (AvgIpc) is 2.83. The number of aryl methyl sites for hydroxylation is 1. The summed E-state index contributed by atoms with van der Waals surface area (Å²) in [6, 6.07) is 2.34. The van der Waals surface area contributed by atoms with Crippen LogP contribution in [0.3, 0.4) is 0 Å². The van der Waals surface area contributed by atoms with Crippen LogP contribution in [-0.4, -0.2) is 44.3 Å². The largest absolute Gasteiger partial charge is 0.497 e. The van der Waals surface area contributed by atoms with Gasteiger partial charge in [0.2, 0.25) is 0 Å². The lowest BCUT2D eigenvalue weighted by Crippen LogP contribution is -2.52. The molecule has 5 heterocycles. The molecule has 0 fully saturated rings. The Bertz CT molecular complexity index is 1190. The highest BCUT2D eigenvalue weighted by Gasteiger charge is 2.55. The normalized spacial score (nSPS) is 32.0. The number of allylic oxidation sites excluding steroid dienone is 2. The number of ether oxygens (including phenoxy) is 4. The number of carbonyl (C=O) groups is 1. The number of fused-ring (bicyclic) bond motifs is 6. The van der Waals surface area contributed by atoms with E-state index in [1.165, 1.54) is 23.2 Å². The first kappa shape index (κ1) is 20.5. The smallest absolute Gasteiger partial charge is 0.288 e. The Kier molecular flexibility index (Phi) is 4.25. The minimum absolute atomic E-state index is 0.0361. The summed E-state index contributed by atoms with van der Waals surface area (Å²) < 4.78 is 24.7. The maximum atomic E-state index is 14.0. The van der Waals surface area contributed by atoms with Gasteiger partial charge in [0.25, 0.3) is 5.95 Å². The van der Waals surface area contributed by atoms with Gasteiger partial charge in [-0.2, -0.15) is 0 Å². The maximum Gasteiger partial charge on any atom is 0.288 e. The third-order valence-corrected chi connectivity index (χ3v) is 8.62. The van der Waals surface area contributed by atoms with E-state index >= 15 is 0 Å². The zero-order valence-electron chi connectivity index (χ0n) is 20.1. The standard InChI is InChI=1S/C28H31NO5/c1-28(2)20-14-32-26-18-7-5-11-29-10-4-6-15(24(18)29)12-19(26)22(20)23-25(30)17-9-8-16(31-3)13-21(17)33-27(23)34-28/h8-9,12-13,17,20-22H,4-7,10-11,14H2,1-3H3/t17?,20-,21?,22+/m1/s1. The number of hydrogen-bond acceptors (Lipinski definition) is 6. The first-order valence-corrected chi connectivity index (χ1v) is 12.6. The van der Waals surface area contributed by atoms with Crippen molar-refractivity contribution >= 4 is 11.5 Å². The molecule has 4 atom stereocenters. The molecule has 1 aromatic carbocycles. The van der Waals surface area contributed by atoms with E-state index in [2.05, 4.69) is 24.8 Å². The molecule has 0 amide bonds. The average molecular weight is 462 g/mol. The highest BCUT2D eigenvalue weighted by molar-refractivity contribution is 6.02. The Balaban J connectivity index is 1.41. The third kappa shape index (κ3) is 2.71. The van der Waals surface area contributed by atoms with E-state index in [1.54, 1.807) is 7.11 Å². The molecule has 178 valence electrons. The summed E-state index contributed by atoms with van der Waals surface area (Å²) in [5.41, 5.74) is 5.46. The molecule has 0 spiro atoms. The monoisotopic (exact) mass is 461 g/mol. The van der Waals surface area contributed by atoms with Crippen molar-refractivity contribution < 1.29 is 23.7 Å². The number of hydrogen-bond donors (Lipinski definition) is 0. The Morgan fingerprint density at radius 1 is 1.18 bits per heavy atom. The van der Waals surface area contributed by atoms with Gasteiger partial charge in [0.15, 0.2) is 5.78 Å². The SMILES string of the molecule is COC1=CC2OC3=C(C(=O)C2C=C1)[C@H]1c2cc4c5c(c2OC[C@H]1C(C)(C)O3)CCCN5CCC4. The minimum Gasteiger partial charge on any atom is -0.497 e. The lowest BCUT2D eigenvalue weighted by Gasteiger charge is -2.50. The molecule has 0 saturated heterocycles. The van der Waals surface area contributed by atoms with Crippen LogP contribution in [0.4, 0.5) is 5.69 Å². The molecule has 6 aliphatic rings. The molecule has 1 aliphatic carbocycles. The zero-order valence-corrected chi connectivity index (χ0v) is 20.1. The summed E-state index contributed by atoms with van der Waals surface area (Å²) in [4.78, 5) is 16.5. The second-order valence-corrected chi connectivity index (χ2v) is 10.9. The minimum atomic E-state index is -0.522. The van der Waals surface area contributed by atoms with Gasteiger partial charge >= 0.3 is 0 Å². The Hall–Kier alpha value is -2.89. The number of rotatable bonds is 1. The Morgan fingerprint density at radius 2 is 2.00 bits per heavy atom. The maximum absolute atomic E-state index is 14.0. The molecule has 34 heavy (non-hydrogen) atoms. The van der Waals surface area contributed by atoms with Crippen LogP contribution in [0.2, 0.25) is 0 Å². The third-order valence-electron chi connectivity index (χ3n) is 8.62. The van der Waals surface area contributed by atoms with Gasteiger partial charge in [0.1, 0.15) is 23.2 Å². The highest BCUT2D eigenvalue weighted by atomic mass is 16.7. The van der Waals surface area contributed by atoms with Crippen molar-refractivity contribution in [2.24, 2.45) is 11.8 Å². The molecule has 6 heteroatoms. The van der Waals surface area contributed by atoms with Gasteiger partial charge in [0, 0.05) is 41.7 Å². The van der Waals surface area contributed by atoms with E-state index in [1.807, 2.05) is 18.2 Å². The van der Waals surface area contributed by atoms with Crippen LogP contribution >= 0.6 is 0 Å². The molecule has 0 radical (unpaired) electrons. The first-order valence-electron chi connectivity index (χ1n) is 12.6. The Labute approximate surface area is 200 Å². The molecule has 0 N–H and O–H groups in total. The van der Waals surface area contributed by atoms with Crippen LogP contribution in [0.1, 0.15) is 49.3 Å². The van der Waals surface area contributed by atoms with E-state index in [4.69, 9.17) is 18.9 Å². The van der Waals surface area contributed by atoms with Gasteiger partial charge in [-0.25, -0.2) is 0 Å². The number of ketones is 1. The molecule has 0 aromatic heterocycles. The number of methoxy groups -OCH3 is 1. The van der Waals surface area contributed by atoms with E-state index in [0.29, 0.717) is 23.9 Å². The fourth-order valence-electron chi connectivity index (χ4n) is 6.95. The van der Waals surface area contributed by atoms with E-state index < -0.39 is 11.7 Å². The van der Waals surface area contributed by atoms with E-state index in [-0.39, 0.29) is 23.5 Å². The van der Waals surface area contributed by atoms with Crippen LogP contribution in [0.25, 0.3) is 0 Å². The van der Waals surface area contributed by atoms with Gasteiger partial charge in [0.05, 0.1) is 25.2 Å². The molecule has 6 nitrogen and oxygen atoms in total. The fourth-order valence-corrected chi connectivity index (χ4v) is 6.95. The first-order chi connectivity index (χ1) is 16.5. The van der Waals surface area contributed by atoms with Crippen molar-refractivity contribution in [2.45, 2.75) is 57.2 Å². The highest BCUT2D eigenvalue weighted by Crippen LogP contribution is 2.57. The lowest BCUT2D eigenvalue weighted by molar-refractivity contribution is -0.153. The van der Waals surface area contributed by atoms with Gasteiger partial charge in [-0.15, -0.1) is 0 Å². The summed E-state index contributed by atoms with van der Waals surface area (Å²) in [6.07, 6.45) is 9.69. The second-order valence-electron chi connectivity index (χ2n) is 10.9. The summed E-state index contributed by atoms with van der Waals surface area (Å²) in [5.74, 6) is 1.79. The predicted octanol–water partition coefficient (Wildman–Crippen LogP) is 4.18. The summed E-state index contributed by atoms with van der Waals surface area (Å²) >= 11 is 0. The molecular formula is C28H31NO5. The number of anilines is 1. The Morgan fingerprint density at radius 3 is 2.82 bits per heavy atom. The predicted molar refractivity (Wildman–Crippen MR) is 127 cm³/mol. The van der Waals surface area contributed by atoms with Gasteiger partial charge in [-0.3, -0.25) is 4.79 Å². The number of nitrogens with zero attached hydrogens (tertiary/aromatic N) is 1. The van der Waals surface area contributed by atoms with Gasteiger partial charge in [-0.1, -0.05) is 6.08 Å². The van der Waals surface area contributed by atoms with Crippen LogP contribution in [0, 0.1) is 11.8 Å². The molecule has 2 unspecified atom stereocenters. The van der Waals surface area contributed by atoms with Crippen molar-refractivity contribution in [1.82, 2.24) is 0 Å². The second kappa shape index (κ2) is 7.06. The topological polar surface area (TPSA) is 57.2 Å². The van der Waals surface area contributed by atoms with Crippen LogP contribution in [-0.2, 0) is 31.8 Å². The quantitative estimate of drug-likeness (QED) is 0.625. The molecule has 1 aromatic rings. The van der Waals surface area contributed by atoms with Crippen LogP contribution < -0.4 is 9.64 Å². The molecule has 0 saturated carbocycles. The van der Waals surface area contributed by atoms with Crippen LogP contribution in [0.15, 0.2) is 41.6 Å². The molecule has 7 rings (SSSR count). The number of benzene rings is 1. The molecule has 0 bridgehead atoms. The number of carbonyl (C=O) groups excluding carboxylic acids is 1. The van der Waals surface area contributed by atoms with Gasteiger partial charge in [-0.05, 0) is 63.3 Å². The van der Waals surface area contributed by atoms with Crippen molar-refractivity contribution in [3.63, 3.8) is 0 Å². The van der Waals surface area contributed by atoms with Gasteiger partial charge < -0.3 is 23.8 Å². The summed E-state index contributed by atoms with van der Waals surface area (Å²) in [5, 5.41) is 0. The number of Topliss-reactive ketones (excluding diaryl/α,β-unsaturated/α-hetero) is 1. The summed E-state index contributed by atoms with van der Waals surface area (Å²) in [6.45, 7) is 6.96. The van der Waals surface area contributed by atoms with E-state index in [0.717, 1.165) is 43.7 Å². The summed E-state index contributed by atoms with van der Waals surface area (Å²) in [7, 11) is 1.63. The van der Waals surface area contributed by atoms with Crippen molar-refractivity contribution in [1.29, 1.82) is 0 Å². The molecular weight excluding hydrogens is 430 g/mol. The fraction of sp³-hybridized carbons (Fsp3) is 0.536. The van der Waals surface area contributed by atoms with Crippen molar-refractivity contribution in [3.05, 3.63) is 58.3 Å². The van der Waals surface area contributed by atoms with E-state index in [9.17, 15) is 4.79 Å². The lowest BCUT2D eigenvalue weighted by atomic mass is 9.66. The molecule has 5 aliphatic heterocycles. The van der Waals surface area contributed by atoms with Crippen LogP contribution in [0.5, 0.6) is 5.75 Å². The zero-order chi connectivity index (χ0) is 23.2. The van der Waals surface area contributed by atoms with Crippen molar-refractivity contribution in [2.75, 3.05) is 31.7 Å².